The zero-order valence-electron chi connectivity index (χ0n) is 7.09. The van der Waals surface area contributed by atoms with E-state index in [1.807, 2.05) is 0 Å². The molecule has 0 heterocycles. The second kappa shape index (κ2) is 4.53. The van der Waals surface area contributed by atoms with Crippen molar-refractivity contribution >= 4 is 37.0 Å². The Morgan fingerprint density at radius 1 is 1.36 bits per heavy atom. The molecular formula is C8H14S3. The Morgan fingerprint density at radius 2 is 1.82 bits per heavy atom. The van der Waals surface area contributed by atoms with Crippen molar-refractivity contribution in [1.29, 1.82) is 0 Å². The van der Waals surface area contributed by atoms with Gasteiger partial charge < -0.3 is 0 Å². The highest BCUT2D eigenvalue weighted by Gasteiger charge is 2.13. The number of thiol groups is 2. The van der Waals surface area contributed by atoms with Crippen LogP contribution in [-0.2, 0) is 0 Å². The summed E-state index contributed by atoms with van der Waals surface area (Å²) in [4.78, 5) is 1.03. The number of allylic oxidation sites excluding steroid dienone is 1. The summed E-state index contributed by atoms with van der Waals surface area (Å²) in [5, 5.41) is 0. The second-order valence-corrected chi connectivity index (χ2v) is 6.22. The fourth-order valence-corrected chi connectivity index (χ4v) is 1.80. The minimum atomic E-state index is 0.195. The van der Waals surface area contributed by atoms with E-state index in [0.717, 1.165) is 9.14 Å². The van der Waals surface area contributed by atoms with Gasteiger partial charge in [-0.2, -0.15) is 0 Å². The van der Waals surface area contributed by atoms with Crippen LogP contribution in [0.3, 0.4) is 0 Å². The number of thioether (sulfide) groups is 1. The SMILES string of the molecule is C=CC(SC(C)(C)C)=C(S)S. The van der Waals surface area contributed by atoms with Crippen LogP contribution in [0.5, 0.6) is 0 Å². The van der Waals surface area contributed by atoms with Crippen LogP contribution in [0.1, 0.15) is 20.8 Å². The molecule has 0 radical (unpaired) electrons. The maximum absolute atomic E-state index is 4.14. The van der Waals surface area contributed by atoms with Crippen molar-refractivity contribution in [2.75, 3.05) is 0 Å². The van der Waals surface area contributed by atoms with Crippen LogP contribution in [0.2, 0.25) is 0 Å². The molecule has 0 spiro atoms. The number of rotatable bonds is 2. The summed E-state index contributed by atoms with van der Waals surface area (Å²) in [7, 11) is 0. The normalized spacial score (nSPS) is 11.0. The van der Waals surface area contributed by atoms with E-state index in [2.05, 4.69) is 52.6 Å². The molecule has 0 rings (SSSR count). The minimum Gasteiger partial charge on any atom is -0.136 e. The van der Waals surface area contributed by atoms with E-state index in [1.165, 1.54) is 0 Å². The van der Waals surface area contributed by atoms with Gasteiger partial charge in [0.05, 0.1) is 0 Å². The molecule has 0 nitrogen and oxygen atoms in total. The molecule has 0 N–H and O–H groups in total. The Labute approximate surface area is 84.3 Å². The number of hydrogen-bond donors (Lipinski definition) is 2. The van der Waals surface area contributed by atoms with Gasteiger partial charge in [-0.1, -0.05) is 33.4 Å². The van der Waals surface area contributed by atoms with E-state index in [0.29, 0.717) is 0 Å². The summed E-state index contributed by atoms with van der Waals surface area (Å²) in [6.07, 6.45) is 1.78. The molecule has 64 valence electrons. The van der Waals surface area contributed by atoms with E-state index in [9.17, 15) is 0 Å². The molecule has 0 aliphatic rings. The van der Waals surface area contributed by atoms with Crippen LogP contribution in [0, 0.1) is 0 Å². The average Bonchev–Trinajstić information content (AvgIpc) is 1.80. The molecular weight excluding hydrogens is 192 g/mol. The Kier molecular flexibility index (Phi) is 4.75. The first-order chi connectivity index (χ1) is 4.87. The first kappa shape index (κ1) is 11.5. The summed E-state index contributed by atoms with van der Waals surface area (Å²) in [5.41, 5.74) is 0. The van der Waals surface area contributed by atoms with Crippen molar-refractivity contribution in [3.8, 4) is 0 Å². The summed E-state index contributed by atoms with van der Waals surface area (Å²) in [6, 6.07) is 0. The van der Waals surface area contributed by atoms with Gasteiger partial charge in [0.25, 0.3) is 0 Å². The van der Waals surface area contributed by atoms with E-state index in [1.54, 1.807) is 17.8 Å². The molecule has 0 bridgehead atoms. The van der Waals surface area contributed by atoms with Gasteiger partial charge in [-0.25, -0.2) is 0 Å². The lowest BCUT2D eigenvalue weighted by Crippen LogP contribution is -2.06. The minimum absolute atomic E-state index is 0.195. The van der Waals surface area contributed by atoms with Crippen LogP contribution >= 0.6 is 37.0 Å². The lowest BCUT2D eigenvalue weighted by Gasteiger charge is -2.18. The highest BCUT2D eigenvalue weighted by molar-refractivity contribution is 8.09. The van der Waals surface area contributed by atoms with Crippen LogP contribution < -0.4 is 0 Å². The van der Waals surface area contributed by atoms with Gasteiger partial charge >= 0.3 is 0 Å². The average molecular weight is 206 g/mol. The van der Waals surface area contributed by atoms with Gasteiger partial charge in [-0.15, -0.1) is 37.0 Å². The van der Waals surface area contributed by atoms with Crippen molar-refractivity contribution in [3.05, 3.63) is 21.8 Å². The molecule has 0 atom stereocenters. The first-order valence-corrected chi connectivity index (χ1v) is 5.01. The van der Waals surface area contributed by atoms with Gasteiger partial charge in [-0.05, 0) is 0 Å². The Morgan fingerprint density at radius 3 is 1.91 bits per heavy atom. The third-order valence-electron chi connectivity index (χ3n) is 0.822. The molecule has 0 unspecified atom stereocenters. The van der Waals surface area contributed by atoms with Crippen LogP contribution in [0.15, 0.2) is 21.8 Å². The smallest absolute Gasteiger partial charge is 0.0476 e. The lowest BCUT2D eigenvalue weighted by atomic mass is 10.3. The molecule has 3 heteroatoms. The van der Waals surface area contributed by atoms with E-state index in [4.69, 9.17) is 0 Å². The topological polar surface area (TPSA) is 0 Å². The molecule has 0 aromatic heterocycles. The molecule has 0 fully saturated rings. The van der Waals surface area contributed by atoms with E-state index in [-0.39, 0.29) is 4.75 Å². The van der Waals surface area contributed by atoms with Gasteiger partial charge in [0.15, 0.2) is 0 Å². The van der Waals surface area contributed by atoms with E-state index < -0.39 is 0 Å². The molecule has 0 aliphatic heterocycles. The summed E-state index contributed by atoms with van der Waals surface area (Å²) >= 11 is 9.99. The second-order valence-electron chi connectivity index (χ2n) is 3.11. The van der Waals surface area contributed by atoms with E-state index >= 15 is 0 Å². The zero-order chi connectivity index (χ0) is 9.07. The zero-order valence-corrected chi connectivity index (χ0v) is 9.69. The molecule has 0 aromatic carbocycles. The highest BCUT2D eigenvalue weighted by atomic mass is 32.2. The highest BCUT2D eigenvalue weighted by Crippen LogP contribution is 2.35. The Bertz CT molecular complexity index is 170. The predicted octanol–water partition coefficient (Wildman–Crippen LogP) is 3.73. The quantitative estimate of drug-likeness (QED) is 0.513. The molecule has 11 heavy (non-hydrogen) atoms. The lowest BCUT2D eigenvalue weighted by molar-refractivity contribution is 0.807. The van der Waals surface area contributed by atoms with Gasteiger partial charge in [0.2, 0.25) is 0 Å². The Hall–Kier alpha value is 0.530. The first-order valence-electron chi connectivity index (χ1n) is 3.30. The van der Waals surface area contributed by atoms with Crippen molar-refractivity contribution in [2.45, 2.75) is 25.5 Å². The van der Waals surface area contributed by atoms with Crippen LogP contribution in [-0.4, -0.2) is 4.75 Å². The summed E-state index contributed by atoms with van der Waals surface area (Å²) < 4.78 is 0.931. The molecule has 0 aromatic rings. The third kappa shape index (κ3) is 5.76. The maximum atomic E-state index is 4.14. The van der Waals surface area contributed by atoms with Crippen LogP contribution in [0.4, 0.5) is 0 Å². The van der Waals surface area contributed by atoms with Gasteiger partial charge in [-0.3, -0.25) is 0 Å². The fourth-order valence-electron chi connectivity index (χ4n) is 0.508. The van der Waals surface area contributed by atoms with Crippen LogP contribution in [0.25, 0.3) is 0 Å². The van der Waals surface area contributed by atoms with Crippen molar-refractivity contribution in [1.82, 2.24) is 0 Å². The predicted molar refractivity (Wildman–Crippen MR) is 62.5 cm³/mol. The summed E-state index contributed by atoms with van der Waals surface area (Å²) in [6.45, 7) is 10.1. The molecule has 0 amide bonds. The number of hydrogen-bond acceptors (Lipinski definition) is 3. The van der Waals surface area contributed by atoms with Gasteiger partial charge in [0, 0.05) is 13.9 Å². The van der Waals surface area contributed by atoms with Crippen molar-refractivity contribution < 1.29 is 0 Å². The molecule has 0 saturated carbocycles. The van der Waals surface area contributed by atoms with Crippen molar-refractivity contribution in [2.24, 2.45) is 0 Å². The standard InChI is InChI=1S/C8H14S3/c1-5-6(7(9)10)11-8(2,3)4/h5,9-10H,1H2,2-4H3. The maximum Gasteiger partial charge on any atom is 0.0476 e. The largest absolute Gasteiger partial charge is 0.136 e. The monoisotopic (exact) mass is 206 g/mol. The van der Waals surface area contributed by atoms with Gasteiger partial charge in [0.1, 0.15) is 0 Å². The van der Waals surface area contributed by atoms with Crippen molar-refractivity contribution in [3.63, 3.8) is 0 Å². The fraction of sp³-hybridized carbons (Fsp3) is 0.500. The Balaban J connectivity index is 4.35. The molecule has 0 saturated heterocycles. The summed E-state index contributed by atoms with van der Waals surface area (Å²) in [5.74, 6) is 0. The molecule has 0 aliphatic carbocycles. The third-order valence-corrected chi connectivity index (χ3v) is 2.81.